The van der Waals surface area contributed by atoms with Crippen LogP contribution in [0.3, 0.4) is 0 Å². The summed E-state index contributed by atoms with van der Waals surface area (Å²) < 4.78 is 22.4. The standard InChI is InChI=1S/C31H31FN4O3/c1-17(2)28-26(20-12-18(3)27(33-15-20)29(37)39-7)23-14-24-19(16-34-36(24)30(38)31(4,5)6)13-25(23)35(28)22-10-8-21(32)9-11-22/h8-17H,1-7H3. The van der Waals surface area contributed by atoms with E-state index >= 15 is 0 Å². The van der Waals surface area contributed by atoms with Gasteiger partial charge in [0.25, 0.3) is 5.91 Å². The number of methoxy groups -OCH3 is 1. The minimum Gasteiger partial charge on any atom is -0.464 e. The lowest BCUT2D eigenvalue weighted by Gasteiger charge is -2.16. The lowest BCUT2D eigenvalue weighted by molar-refractivity contribution is 0.0593. The molecule has 5 aromatic rings. The molecule has 0 aliphatic rings. The fourth-order valence-corrected chi connectivity index (χ4v) is 5.05. The molecule has 0 bridgehead atoms. The molecule has 2 aromatic carbocycles. The Labute approximate surface area is 226 Å². The Bertz CT molecular complexity index is 1760. The predicted octanol–water partition coefficient (Wildman–Crippen LogP) is 7.09. The number of esters is 1. The zero-order chi connectivity index (χ0) is 28.2. The maximum Gasteiger partial charge on any atom is 0.356 e. The molecule has 0 aliphatic heterocycles. The van der Waals surface area contributed by atoms with Crippen molar-refractivity contribution in [1.82, 2.24) is 19.3 Å². The summed E-state index contributed by atoms with van der Waals surface area (Å²) in [6, 6.07) is 12.3. The molecule has 39 heavy (non-hydrogen) atoms. The number of hydrogen-bond donors (Lipinski definition) is 0. The molecule has 0 amide bonds. The van der Waals surface area contributed by atoms with E-state index < -0.39 is 11.4 Å². The Morgan fingerprint density at radius 1 is 1.00 bits per heavy atom. The molecule has 0 N–H and O–H groups in total. The van der Waals surface area contributed by atoms with Gasteiger partial charge in [-0.15, -0.1) is 0 Å². The van der Waals surface area contributed by atoms with Crippen molar-refractivity contribution in [2.75, 3.05) is 7.11 Å². The summed E-state index contributed by atoms with van der Waals surface area (Å²) in [5, 5.41) is 6.15. The Morgan fingerprint density at radius 3 is 2.28 bits per heavy atom. The molecule has 5 rings (SSSR count). The Morgan fingerprint density at radius 2 is 1.69 bits per heavy atom. The number of rotatable bonds is 4. The van der Waals surface area contributed by atoms with Crippen LogP contribution in [0, 0.1) is 18.2 Å². The van der Waals surface area contributed by atoms with Gasteiger partial charge in [0.15, 0.2) is 5.69 Å². The highest BCUT2D eigenvalue weighted by Gasteiger charge is 2.28. The number of carbonyl (C=O) groups is 2. The van der Waals surface area contributed by atoms with Crippen LogP contribution in [0.15, 0.2) is 54.9 Å². The van der Waals surface area contributed by atoms with Crippen molar-refractivity contribution in [2.45, 2.75) is 47.5 Å². The minimum atomic E-state index is -0.620. The molecule has 7 nitrogen and oxygen atoms in total. The Balaban J connectivity index is 1.90. The second kappa shape index (κ2) is 9.45. The van der Waals surface area contributed by atoms with E-state index in [1.54, 1.807) is 24.5 Å². The van der Waals surface area contributed by atoms with Crippen LogP contribution in [0.25, 0.3) is 38.6 Å². The number of aryl methyl sites for hydroxylation is 1. The maximum atomic E-state index is 13.9. The largest absolute Gasteiger partial charge is 0.464 e. The van der Waals surface area contributed by atoms with Crippen molar-refractivity contribution in [3.63, 3.8) is 0 Å². The van der Waals surface area contributed by atoms with E-state index in [0.717, 1.165) is 38.8 Å². The molecule has 0 spiro atoms. The van der Waals surface area contributed by atoms with Crippen molar-refractivity contribution < 1.29 is 18.7 Å². The van der Waals surface area contributed by atoms with Crippen molar-refractivity contribution in [3.8, 4) is 16.8 Å². The first-order valence-corrected chi connectivity index (χ1v) is 12.8. The van der Waals surface area contributed by atoms with Crippen LogP contribution in [0.4, 0.5) is 4.39 Å². The van der Waals surface area contributed by atoms with E-state index in [4.69, 9.17) is 4.74 Å². The quantitative estimate of drug-likeness (QED) is 0.234. The second-order valence-electron chi connectivity index (χ2n) is 11.1. The van der Waals surface area contributed by atoms with E-state index in [2.05, 4.69) is 28.5 Å². The Kier molecular flexibility index (Phi) is 6.37. The number of carbonyl (C=O) groups excluding carboxylic acids is 2. The number of benzene rings is 2. The van der Waals surface area contributed by atoms with Gasteiger partial charge < -0.3 is 9.30 Å². The first kappa shape index (κ1) is 26.3. The summed E-state index contributed by atoms with van der Waals surface area (Å²) in [6.45, 7) is 11.6. The van der Waals surface area contributed by atoms with Crippen LogP contribution < -0.4 is 0 Å². The second-order valence-corrected chi connectivity index (χ2v) is 11.1. The van der Waals surface area contributed by atoms with Crippen LogP contribution in [0.1, 0.15) is 67.1 Å². The van der Waals surface area contributed by atoms with E-state index in [9.17, 15) is 14.0 Å². The zero-order valence-electron chi connectivity index (χ0n) is 23.2. The van der Waals surface area contributed by atoms with Gasteiger partial charge >= 0.3 is 5.97 Å². The summed E-state index contributed by atoms with van der Waals surface area (Å²) in [7, 11) is 1.33. The predicted molar refractivity (Wildman–Crippen MR) is 150 cm³/mol. The highest BCUT2D eigenvalue weighted by Crippen LogP contribution is 2.42. The normalized spacial score (nSPS) is 12.0. The summed E-state index contributed by atoms with van der Waals surface area (Å²) in [5.74, 6) is -0.860. The number of nitrogens with zero attached hydrogens (tertiary/aromatic N) is 4. The van der Waals surface area contributed by atoms with Gasteiger partial charge in [-0.25, -0.2) is 14.2 Å². The van der Waals surface area contributed by atoms with Gasteiger partial charge in [-0.2, -0.15) is 9.78 Å². The Hall–Kier alpha value is -4.33. The van der Waals surface area contributed by atoms with Crippen molar-refractivity contribution in [3.05, 3.63) is 77.6 Å². The van der Waals surface area contributed by atoms with Crippen LogP contribution in [-0.2, 0) is 4.74 Å². The first-order valence-electron chi connectivity index (χ1n) is 12.8. The highest BCUT2D eigenvalue weighted by atomic mass is 19.1. The molecule has 0 radical (unpaired) electrons. The highest BCUT2D eigenvalue weighted by molar-refractivity contribution is 6.07. The lowest BCUT2D eigenvalue weighted by atomic mass is 9.95. The SMILES string of the molecule is COC(=O)c1ncc(-c2c(C(C)C)n(-c3ccc(F)cc3)c3cc4cnn(C(=O)C(C)(C)C)c4cc23)cc1C. The summed E-state index contributed by atoms with van der Waals surface area (Å²) >= 11 is 0. The molecule has 3 aromatic heterocycles. The van der Waals surface area contributed by atoms with E-state index in [-0.39, 0.29) is 23.3 Å². The summed E-state index contributed by atoms with van der Waals surface area (Å²) in [5.41, 5.74) is 5.47. The molecule has 200 valence electrons. The van der Waals surface area contributed by atoms with Crippen molar-refractivity contribution >= 4 is 33.7 Å². The molecule has 0 atom stereocenters. The van der Waals surface area contributed by atoms with Gasteiger partial charge in [0, 0.05) is 44.9 Å². The van der Waals surface area contributed by atoms with Gasteiger partial charge in [0.05, 0.1) is 24.3 Å². The minimum absolute atomic E-state index is 0.0638. The van der Waals surface area contributed by atoms with Crippen LogP contribution >= 0.6 is 0 Å². The van der Waals surface area contributed by atoms with Gasteiger partial charge in [-0.1, -0.05) is 34.6 Å². The van der Waals surface area contributed by atoms with Gasteiger partial charge in [0.2, 0.25) is 0 Å². The van der Waals surface area contributed by atoms with E-state index in [1.165, 1.54) is 23.9 Å². The van der Waals surface area contributed by atoms with E-state index in [0.29, 0.717) is 11.1 Å². The zero-order valence-corrected chi connectivity index (χ0v) is 23.2. The molecule has 0 aliphatic carbocycles. The average molecular weight is 527 g/mol. The third kappa shape index (κ3) is 4.39. The van der Waals surface area contributed by atoms with Gasteiger partial charge in [-0.05, 0) is 60.9 Å². The topological polar surface area (TPSA) is 79.0 Å². The van der Waals surface area contributed by atoms with Crippen LogP contribution in [0.5, 0.6) is 0 Å². The molecule has 0 saturated carbocycles. The molecule has 0 unspecified atom stereocenters. The summed E-state index contributed by atoms with van der Waals surface area (Å²) in [4.78, 5) is 29.9. The van der Waals surface area contributed by atoms with Crippen molar-refractivity contribution in [1.29, 1.82) is 0 Å². The third-order valence-electron chi connectivity index (χ3n) is 6.90. The lowest BCUT2D eigenvalue weighted by Crippen LogP contribution is -2.27. The number of hydrogen-bond acceptors (Lipinski definition) is 5. The molecule has 8 heteroatoms. The molecule has 3 heterocycles. The molecule has 0 fully saturated rings. The number of pyridine rings is 1. The fourth-order valence-electron chi connectivity index (χ4n) is 5.05. The van der Waals surface area contributed by atoms with E-state index in [1.807, 2.05) is 45.9 Å². The monoisotopic (exact) mass is 526 g/mol. The molecule has 0 saturated heterocycles. The smallest absolute Gasteiger partial charge is 0.356 e. The van der Waals surface area contributed by atoms with Crippen LogP contribution in [-0.4, -0.2) is 38.3 Å². The molecular weight excluding hydrogens is 495 g/mol. The number of fused-ring (bicyclic) bond motifs is 2. The van der Waals surface area contributed by atoms with Crippen LogP contribution in [0.2, 0.25) is 0 Å². The fraction of sp³-hybridized carbons (Fsp3) is 0.290. The summed E-state index contributed by atoms with van der Waals surface area (Å²) in [6.07, 6.45) is 3.38. The maximum absolute atomic E-state index is 13.9. The van der Waals surface area contributed by atoms with Gasteiger partial charge in [-0.3, -0.25) is 4.79 Å². The molecular formula is C31H31FN4O3. The number of aromatic nitrogens is 4. The number of ether oxygens (including phenoxy) is 1. The van der Waals surface area contributed by atoms with Crippen molar-refractivity contribution in [2.24, 2.45) is 5.41 Å². The third-order valence-corrected chi connectivity index (χ3v) is 6.90. The van der Waals surface area contributed by atoms with Gasteiger partial charge in [0.1, 0.15) is 5.82 Å². The average Bonchev–Trinajstić information content (AvgIpc) is 3.45. The first-order chi connectivity index (χ1) is 18.4. The number of halogens is 1.